The normalized spacial score (nSPS) is 13.5. The van der Waals surface area contributed by atoms with E-state index in [1.54, 1.807) is 0 Å². The van der Waals surface area contributed by atoms with Crippen LogP contribution >= 0.6 is 35.7 Å². The third-order valence-electron chi connectivity index (χ3n) is 8.56. The molecule has 1 N–H and O–H groups in total. The number of carbonyl (C=O) groups excluding carboxylic acids is 3. The molecule has 0 rings (SSSR count). The molecule has 0 saturated heterocycles. The summed E-state index contributed by atoms with van der Waals surface area (Å²) in [5.41, 5.74) is -1.97. The van der Waals surface area contributed by atoms with Crippen molar-refractivity contribution in [3.05, 3.63) is 11.4 Å². The van der Waals surface area contributed by atoms with E-state index in [4.69, 9.17) is 33.0 Å². The number of thioether (sulfide) groups is 2. The number of thiocarbonyl (C=S) groups is 1. The van der Waals surface area contributed by atoms with Gasteiger partial charge in [-0.25, -0.2) is 15.0 Å². The Bertz CT molecular complexity index is 1230. The fourth-order valence-electron chi connectivity index (χ4n) is 5.87. The van der Waals surface area contributed by atoms with Gasteiger partial charge < -0.3 is 28.9 Å². The van der Waals surface area contributed by atoms with Crippen LogP contribution < -0.4 is 34.9 Å². The number of esters is 2. The van der Waals surface area contributed by atoms with E-state index in [1.165, 1.54) is 77.7 Å². The fourth-order valence-corrected chi connectivity index (χ4v) is 9.54. The van der Waals surface area contributed by atoms with Crippen molar-refractivity contribution in [2.75, 3.05) is 45.0 Å². The van der Waals surface area contributed by atoms with Crippen LogP contribution in [-0.2, 0) is 38.7 Å². The van der Waals surface area contributed by atoms with Crippen molar-refractivity contribution < 1.29 is 71.1 Å². The molecule has 0 heterocycles. The molecule has 0 fully saturated rings. The Morgan fingerprint density at radius 3 is 1.91 bits per heavy atom. The van der Waals surface area contributed by atoms with E-state index >= 15 is 0 Å². The molecule has 0 aromatic rings. The monoisotopic (exact) mass is 846 g/mol. The van der Waals surface area contributed by atoms with Gasteiger partial charge in [0.2, 0.25) is 12.5 Å². The number of ether oxygens (including phenoxy) is 3. The van der Waals surface area contributed by atoms with Gasteiger partial charge >= 0.3 is 41.5 Å². The smallest absolute Gasteiger partial charge is 0.748 e. The summed E-state index contributed by atoms with van der Waals surface area (Å²) >= 11 is 8.29. The van der Waals surface area contributed by atoms with Gasteiger partial charge in [0.25, 0.3) is 0 Å². The molecule has 0 aliphatic heterocycles. The van der Waals surface area contributed by atoms with Crippen molar-refractivity contribution in [3.8, 4) is 0 Å². The molecule has 0 aromatic heterocycles. The fraction of sp³-hybridized carbons (Fsp3) is 0.868. The summed E-state index contributed by atoms with van der Waals surface area (Å²) in [5, 5.41) is 1.74. The van der Waals surface area contributed by atoms with Crippen LogP contribution in [0.2, 0.25) is 0 Å². The zero-order valence-electron chi connectivity index (χ0n) is 34.3. The maximum absolute atomic E-state index is 13.9. The van der Waals surface area contributed by atoms with Gasteiger partial charge in [0.1, 0.15) is 10.1 Å². The number of nitrogens with one attached hydrogen (secondary N) is 1. The first-order valence-corrected chi connectivity index (χ1v) is 23.0. The van der Waals surface area contributed by atoms with Gasteiger partial charge in [-0.3, -0.25) is 14.4 Å². The summed E-state index contributed by atoms with van der Waals surface area (Å²) in [5.74, 6) is -3.46. The zero-order chi connectivity index (χ0) is 40.3. The molecule has 0 aromatic carbocycles. The standard InChI is InChI=1S/C38H68N2O9S4.Na/c1-9-11-13-14-15-16-17-18-19-20-24-51-36(50)52-32(33(41)40-38(5,6)29-53(44,45)46)26-30(34(42)48-21-12-10-2)25-31(27-37(3,4)28-39-7)35(43)49-23-22-47-8;/h30-32H,9-29H2,1-6,8H3,(H,40,41)(H,44,45,46);/q;+1/p-1. The molecule has 0 aliphatic rings. The van der Waals surface area contributed by atoms with Gasteiger partial charge in [0.05, 0.1) is 46.2 Å². The van der Waals surface area contributed by atoms with Crippen molar-refractivity contribution in [3.63, 3.8) is 0 Å². The van der Waals surface area contributed by atoms with Gasteiger partial charge in [0.15, 0.2) is 0 Å². The maximum Gasteiger partial charge on any atom is 1.00 e. The second-order valence-corrected chi connectivity index (χ2v) is 20.1. The number of hydrogen-bond donors (Lipinski definition) is 1. The number of rotatable bonds is 31. The number of unbranched alkanes of at least 4 members (excludes halogenated alkanes) is 10. The van der Waals surface area contributed by atoms with Crippen LogP contribution in [0, 0.1) is 23.8 Å². The summed E-state index contributed by atoms with van der Waals surface area (Å²) in [6.07, 6.45) is 13.7. The minimum Gasteiger partial charge on any atom is -0.748 e. The van der Waals surface area contributed by atoms with Gasteiger partial charge in [-0.05, 0) is 51.7 Å². The van der Waals surface area contributed by atoms with Crippen LogP contribution in [0.4, 0.5) is 0 Å². The van der Waals surface area contributed by atoms with E-state index in [0.29, 0.717) is 9.95 Å². The number of nitrogens with zero attached hydrogens (tertiary/aromatic N) is 1. The Kier molecular flexibility index (Phi) is 32.5. The Morgan fingerprint density at radius 1 is 0.833 bits per heavy atom. The number of hydrogen-bond acceptors (Lipinski definition) is 12. The van der Waals surface area contributed by atoms with Gasteiger partial charge in [-0.1, -0.05) is 116 Å². The topological polar surface area (TPSA) is 152 Å². The van der Waals surface area contributed by atoms with E-state index < -0.39 is 61.8 Å². The maximum atomic E-state index is 13.9. The minimum atomic E-state index is -4.67. The largest absolute Gasteiger partial charge is 1.00 e. The van der Waals surface area contributed by atoms with E-state index in [1.807, 2.05) is 20.8 Å². The predicted molar refractivity (Wildman–Crippen MR) is 220 cm³/mol. The minimum absolute atomic E-state index is 0. The average molecular weight is 847 g/mol. The van der Waals surface area contributed by atoms with Gasteiger partial charge in [0, 0.05) is 18.1 Å². The number of methoxy groups -OCH3 is 1. The summed E-state index contributed by atoms with van der Waals surface area (Å²) in [4.78, 5) is 44.5. The Hall–Kier alpha value is -0.440. The molecule has 11 nitrogen and oxygen atoms in total. The average Bonchev–Trinajstić information content (AvgIpc) is 3.04. The Balaban J connectivity index is 0. The number of carbonyl (C=O) groups is 3. The van der Waals surface area contributed by atoms with Crippen LogP contribution in [0.3, 0.4) is 0 Å². The second kappa shape index (κ2) is 31.5. The third kappa shape index (κ3) is 29.8. The van der Waals surface area contributed by atoms with Crippen molar-refractivity contribution >= 4 is 67.2 Å². The van der Waals surface area contributed by atoms with Crippen LogP contribution in [0.5, 0.6) is 0 Å². The summed E-state index contributed by atoms with van der Waals surface area (Å²) < 4.78 is 51.5. The summed E-state index contributed by atoms with van der Waals surface area (Å²) in [6, 6.07) is 0. The summed E-state index contributed by atoms with van der Waals surface area (Å²) in [6.45, 7) is 18.8. The first kappa shape index (κ1) is 55.7. The SMILES string of the molecule is [C-]#[N+]CC(C)(C)CC(CC(CC(SC(=S)SCCCCCCCCCCCC)C(=O)NC(C)(C)CS(=O)(=O)[O-])C(=O)OCCCC)C(=O)OCCOC.[Na+]. The van der Waals surface area contributed by atoms with Crippen LogP contribution in [-0.4, -0.2) is 90.1 Å². The molecule has 3 atom stereocenters. The van der Waals surface area contributed by atoms with Crippen LogP contribution in [0.25, 0.3) is 4.85 Å². The zero-order valence-corrected chi connectivity index (χ0v) is 39.6. The first-order chi connectivity index (χ1) is 24.9. The molecule has 0 radical (unpaired) electrons. The molecule has 0 spiro atoms. The number of amides is 1. The predicted octanol–water partition coefficient (Wildman–Crippen LogP) is 5.35. The summed E-state index contributed by atoms with van der Waals surface area (Å²) in [7, 11) is -3.18. The Labute approximate surface area is 363 Å². The Morgan fingerprint density at radius 2 is 1.37 bits per heavy atom. The van der Waals surface area contributed by atoms with Gasteiger partial charge in [-0.15, -0.1) is 11.8 Å². The van der Waals surface area contributed by atoms with Gasteiger partial charge in [-0.2, -0.15) is 0 Å². The molecular formula is C38H67N2NaO9S4. The van der Waals surface area contributed by atoms with Crippen LogP contribution in [0.1, 0.15) is 138 Å². The van der Waals surface area contributed by atoms with Crippen molar-refractivity contribution in [2.24, 2.45) is 17.3 Å². The molecule has 1 amide bonds. The molecule has 0 saturated carbocycles. The molecule has 308 valence electrons. The molecule has 54 heavy (non-hydrogen) atoms. The third-order valence-corrected chi connectivity index (χ3v) is 12.5. The quantitative estimate of drug-likeness (QED) is 0.0239. The van der Waals surface area contributed by atoms with Crippen LogP contribution in [0.15, 0.2) is 0 Å². The van der Waals surface area contributed by atoms with Crippen molar-refractivity contribution in [2.45, 2.75) is 149 Å². The molecule has 3 unspecified atom stereocenters. The van der Waals surface area contributed by atoms with Crippen molar-refractivity contribution in [1.29, 1.82) is 0 Å². The molecule has 0 bridgehead atoms. The van der Waals surface area contributed by atoms with E-state index in [9.17, 15) is 27.4 Å². The van der Waals surface area contributed by atoms with Crippen molar-refractivity contribution in [1.82, 2.24) is 5.32 Å². The van der Waals surface area contributed by atoms with E-state index in [-0.39, 0.29) is 75.2 Å². The second-order valence-electron chi connectivity index (χ2n) is 15.2. The first-order valence-electron chi connectivity index (χ1n) is 19.1. The molecular weight excluding hydrogens is 780 g/mol. The van der Waals surface area contributed by atoms with E-state index in [2.05, 4.69) is 17.1 Å². The molecule has 0 aliphatic carbocycles. The van der Waals surface area contributed by atoms with E-state index in [0.717, 1.165) is 43.2 Å². The molecule has 16 heteroatoms.